The number of benzene rings is 3. The second-order valence-electron chi connectivity index (χ2n) is 7.43. The number of ether oxygens (including phenoxy) is 2. The van der Waals surface area contributed by atoms with Crippen molar-refractivity contribution in [2.24, 2.45) is 0 Å². The van der Waals surface area contributed by atoms with Gasteiger partial charge >= 0.3 is 0 Å². The van der Waals surface area contributed by atoms with E-state index in [0.29, 0.717) is 18.8 Å². The van der Waals surface area contributed by atoms with Crippen LogP contribution in [0.3, 0.4) is 0 Å². The summed E-state index contributed by atoms with van der Waals surface area (Å²) in [4.78, 5) is 0. The zero-order valence-corrected chi connectivity index (χ0v) is 16.7. The smallest absolute Gasteiger partial charge is 0.127 e. The van der Waals surface area contributed by atoms with Crippen LogP contribution in [0.1, 0.15) is 37.0 Å². The Morgan fingerprint density at radius 2 is 1.64 bits per heavy atom. The fraction of sp³-hybridized carbons (Fsp3) is 0.280. The average Bonchev–Trinajstić information content (AvgIpc) is 2.71. The Morgan fingerprint density at radius 3 is 2.36 bits per heavy atom. The fourth-order valence-corrected chi connectivity index (χ4v) is 3.08. The van der Waals surface area contributed by atoms with Crippen molar-refractivity contribution in [1.29, 1.82) is 0 Å². The van der Waals surface area contributed by atoms with Gasteiger partial charge in [-0.2, -0.15) is 0 Å². The molecule has 0 spiro atoms. The molecule has 3 heteroatoms. The number of rotatable bonds is 8. The highest BCUT2D eigenvalue weighted by molar-refractivity contribution is 5.34. The van der Waals surface area contributed by atoms with Gasteiger partial charge in [-0.1, -0.05) is 56.3 Å². The largest absolute Gasteiger partial charge is 0.457 e. The minimum atomic E-state index is -0.229. The molecule has 0 saturated carbocycles. The molecule has 0 aliphatic carbocycles. The highest BCUT2D eigenvalue weighted by Gasteiger charge is 2.25. The summed E-state index contributed by atoms with van der Waals surface area (Å²) in [6.07, 6.45) is 0.868. The van der Waals surface area contributed by atoms with Crippen LogP contribution >= 0.6 is 0 Å². The first kappa shape index (κ1) is 20.1. The molecular weight excluding hydrogens is 351 g/mol. The molecule has 3 aromatic rings. The van der Waals surface area contributed by atoms with Gasteiger partial charge in [0.1, 0.15) is 17.3 Å². The number of hydrogen-bond acceptors (Lipinski definition) is 2. The van der Waals surface area contributed by atoms with Gasteiger partial charge < -0.3 is 9.47 Å². The Balaban J connectivity index is 1.63. The van der Waals surface area contributed by atoms with Crippen LogP contribution in [0.25, 0.3) is 0 Å². The fourth-order valence-electron chi connectivity index (χ4n) is 3.08. The van der Waals surface area contributed by atoms with Crippen LogP contribution in [-0.4, -0.2) is 6.61 Å². The second-order valence-corrected chi connectivity index (χ2v) is 7.43. The molecule has 1 unspecified atom stereocenters. The van der Waals surface area contributed by atoms with Gasteiger partial charge in [0.2, 0.25) is 0 Å². The third kappa shape index (κ3) is 4.99. The van der Waals surface area contributed by atoms with Crippen molar-refractivity contribution in [3.8, 4) is 11.5 Å². The normalized spacial score (nSPS) is 13.1. The Bertz CT molecular complexity index is 907. The molecule has 0 heterocycles. The minimum Gasteiger partial charge on any atom is -0.457 e. The van der Waals surface area contributed by atoms with Crippen LogP contribution in [-0.2, 0) is 16.8 Å². The van der Waals surface area contributed by atoms with Gasteiger partial charge in [-0.05, 0) is 60.4 Å². The summed E-state index contributed by atoms with van der Waals surface area (Å²) in [5, 5.41) is 0. The summed E-state index contributed by atoms with van der Waals surface area (Å²) in [5.74, 6) is 1.43. The number of aryl methyl sites for hydroxylation is 1. The molecule has 0 aliphatic heterocycles. The molecule has 3 rings (SSSR count). The molecule has 1 atom stereocenters. The summed E-state index contributed by atoms with van der Waals surface area (Å²) in [5.41, 5.74) is 2.45. The van der Waals surface area contributed by atoms with Gasteiger partial charge in [-0.25, -0.2) is 4.39 Å². The molecule has 0 radical (unpaired) electrons. The van der Waals surface area contributed by atoms with Crippen molar-refractivity contribution in [2.75, 3.05) is 6.61 Å². The van der Waals surface area contributed by atoms with Crippen molar-refractivity contribution in [3.63, 3.8) is 0 Å². The summed E-state index contributed by atoms with van der Waals surface area (Å²) in [6.45, 7) is 7.01. The summed E-state index contributed by atoms with van der Waals surface area (Å²) in [6, 6.07) is 23.1. The molecule has 0 aromatic heterocycles. The van der Waals surface area contributed by atoms with Gasteiger partial charge in [-0.3, -0.25) is 0 Å². The predicted octanol–water partition coefficient (Wildman–Crippen LogP) is 6.81. The first-order valence-corrected chi connectivity index (χ1v) is 9.66. The lowest BCUT2D eigenvalue weighted by atomic mass is 9.80. The summed E-state index contributed by atoms with van der Waals surface area (Å²) >= 11 is 0. The van der Waals surface area contributed by atoms with E-state index in [0.717, 1.165) is 29.0 Å². The Labute approximate surface area is 166 Å². The average molecular weight is 378 g/mol. The third-order valence-corrected chi connectivity index (χ3v) is 5.22. The quantitative estimate of drug-likeness (QED) is 0.428. The monoisotopic (exact) mass is 378 g/mol. The van der Waals surface area contributed by atoms with Gasteiger partial charge in [0.05, 0.1) is 13.2 Å². The first-order chi connectivity index (χ1) is 13.5. The standard InChI is InChI=1S/C25H27FO2/c1-4-25(3,21-14-13-19(2)24(26)16-21)18-27-17-20-9-8-12-23(15-20)28-22-10-6-5-7-11-22/h5-16H,4,17-18H2,1-3H3. The SMILES string of the molecule is CCC(C)(COCc1cccc(Oc2ccccc2)c1)c1ccc(C)c(F)c1. The molecule has 0 bridgehead atoms. The van der Waals surface area contributed by atoms with E-state index >= 15 is 0 Å². The van der Waals surface area contributed by atoms with Crippen LogP contribution in [0.15, 0.2) is 72.8 Å². The molecular formula is C25H27FO2. The Morgan fingerprint density at radius 1 is 0.893 bits per heavy atom. The Kier molecular flexibility index (Phi) is 6.48. The molecule has 146 valence electrons. The third-order valence-electron chi connectivity index (χ3n) is 5.22. The van der Waals surface area contributed by atoms with E-state index in [-0.39, 0.29) is 11.2 Å². The first-order valence-electron chi connectivity index (χ1n) is 9.66. The molecule has 3 aromatic carbocycles. The van der Waals surface area contributed by atoms with Gasteiger partial charge in [-0.15, -0.1) is 0 Å². The van der Waals surface area contributed by atoms with E-state index in [1.54, 1.807) is 13.0 Å². The summed E-state index contributed by atoms with van der Waals surface area (Å²) < 4.78 is 25.9. The van der Waals surface area contributed by atoms with E-state index in [9.17, 15) is 4.39 Å². The van der Waals surface area contributed by atoms with Crippen LogP contribution in [0.5, 0.6) is 11.5 Å². The van der Waals surface area contributed by atoms with Crippen molar-refractivity contribution in [1.82, 2.24) is 0 Å². The van der Waals surface area contributed by atoms with E-state index in [2.05, 4.69) is 13.8 Å². The van der Waals surface area contributed by atoms with Crippen LogP contribution in [0.4, 0.5) is 4.39 Å². The maximum Gasteiger partial charge on any atom is 0.127 e. The van der Waals surface area contributed by atoms with Crippen molar-refractivity contribution in [3.05, 3.63) is 95.3 Å². The van der Waals surface area contributed by atoms with Crippen LogP contribution in [0, 0.1) is 12.7 Å². The highest BCUT2D eigenvalue weighted by Crippen LogP contribution is 2.30. The van der Waals surface area contributed by atoms with Gasteiger partial charge in [0.25, 0.3) is 0 Å². The van der Waals surface area contributed by atoms with Crippen LogP contribution in [0.2, 0.25) is 0 Å². The number of hydrogen-bond donors (Lipinski definition) is 0. The lowest BCUT2D eigenvalue weighted by Crippen LogP contribution is -2.27. The zero-order valence-electron chi connectivity index (χ0n) is 16.7. The molecule has 28 heavy (non-hydrogen) atoms. The van der Waals surface area contributed by atoms with Crippen molar-refractivity contribution >= 4 is 0 Å². The highest BCUT2D eigenvalue weighted by atomic mass is 19.1. The van der Waals surface area contributed by atoms with E-state index in [1.807, 2.05) is 66.7 Å². The second kappa shape index (κ2) is 9.03. The topological polar surface area (TPSA) is 18.5 Å². The van der Waals surface area contributed by atoms with Gasteiger partial charge in [0, 0.05) is 5.41 Å². The summed E-state index contributed by atoms with van der Waals surface area (Å²) in [7, 11) is 0. The zero-order chi connectivity index (χ0) is 20.0. The lowest BCUT2D eigenvalue weighted by molar-refractivity contribution is 0.0746. The maximum absolute atomic E-state index is 14.0. The molecule has 0 amide bonds. The Hall–Kier alpha value is -2.65. The molecule has 0 N–H and O–H groups in total. The maximum atomic E-state index is 14.0. The lowest BCUT2D eigenvalue weighted by Gasteiger charge is -2.29. The number of para-hydroxylation sites is 1. The van der Waals surface area contributed by atoms with Gasteiger partial charge in [0.15, 0.2) is 0 Å². The van der Waals surface area contributed by atoms with Crippen molar-refractivity contribution < 1.29 is 13.9 Å². The van der Waals surface area contributed by atoms with E-state index in [4.69, 9.17) is 9.47 Å². The number of halogens is 1. The van der Waals surface area contributed by atoms with Crippen molar-refractivity contribution in [2.45, 2.75) is 39.2 Å². The van der Waals surface area contributed by atoms with E-state index in [1.165, 1.54) is 0 Å². The van der Waals surface area contributed by atoms with Crippen LogP contribution < -0.4 is 4.74 Å². The predicted molar refractivity (Wildman–Crippen MR) is 111 cm³/mol. The minimum absolute atomic E-state index is 0.164. The molecule has 0 fully saturated rings. The molecule has 0 aliphatic rings. The van der Waals surface area contributed by atoms with E-state index < -0.39 is 0 Å². The molecule has 2 nitrogen and oxygen atoms in total. The molecule has 0 saturated heterocycles.